The Labute approximate surface area is 214 Å². The molecule has 0 aliphatic carbocycles. The van der Waals surface area contributed by atoms with Crippen LogP contribution in [0.15, 0.2) is 90.1 Å². The van der Waals surface area contributed by atoms with E-state index in [1.54, 1.807) is 24.4 Å². The molecule has 7 nitrogen and oxygen atoms in total. The molecule has 1 heterocycles. The summed E-state index contributed by atoms with van der Waals surface area (Å²) in [6, 6.07) is 19.7. The number of aryl methyl sites for hydroxylation is 1. The normalized spacial score (nSPS) is 11.3. The molecule has 0 aliphatic heterocycles. The third kappa shape index (κ3) is 5.67. The molecule has 0 spiro atoms. The van der Waals surface area contributed by atoms with Gasteiger partial charge in [-0.2, -0.15) is 0 Å². The SMILES string of the molecule is Cc1nccn1-c1ccccc1CNC(=O)CN(c1cccc(Cl)c1)S(=O)(=O)c1ccc(Cl)cc1. The summed E-state index contributed by atoms with van der Waals surface area (Å²) < 4.78 is 29.9. The topological polar surface area (TPSA) is 84.3 Å². The van der Waals surface area contributed by atoms with Crippen molar-refractivity contribution in [3.8, 4) is 5.69 Å². The van der Waals surface area contributed by atoms with Gasteiger partial charge in [0.05, 0.1) is 16.3 Å². The second-order valence-corrected chi connectivity index (χ2v) is 10.4. The molecule has 1 N–H and O–H groups in total. The number of hydrogen-bond acceptors (Lipinski definition) is 4. The van der Waals surface area contributed by atoms with Gasteiger partial charge < -0.3 is 9.88 Å². The highest BCUT2D eigenvalue weighted by Crippen LogP contribution is 2.27. The van der Waals surface area contributed by atoms with Crippen LogP contribution in [-0.4, -0.2) is 30.4 Å². The van der Waals surface area contributed by atoms with Crippen LogP contribution in [0.5, 0.6) is 0 Å². The summed E-state index contributed by atoms with van der Waals surface area (Å²) >= 11 is 12.0. The maximum Gasteiger partial charge on any atom is 0.264 e. The van der Waals surface area contributed by atoms with Gasteiger partial charge in [-0.05, 0) is 61.0 Å². The van der Waals surface area contributed by atoms with E-state index in [9.17, 15) is 13.2 Å². The monoisotopic (exact) mass is 528 g/mol. The van der Waals surface area contributed by atoms with Gasteiger partial charge in [-0.25, -0.2) is 13.4 Å². The molecule has 1 aromatic heterocycles. The molecule has 0 saturated heterocycles. The number of hydrogen-bond donors (Lipinski definition) is 1. The fourth-order valence-corrected chi connectivity index (χ4v) is 5.31. The molecular weight excluding hydrogens is 507 g/mol. The van der Waals surface area contributed by atoms with Crippen molar-refractivity contribution in [2.45, 2.75) is 18.4 Å². The number of carbonyl (C=O) groups excluding carboxylic acids is 1. The van der Waals surface area contributed by atoms with Crippen molar-refractivity contribution in [3.05, 3.63) is 107 Å². The number of para-hydroxylation sites is 1. The van der Waals surface area contributed by atoms with Gasteiger partial charge in [-0.3, -0.25) is 9.10 Å². The van der Waals surface area contributed by atoms with Crippen molar-refractivity contribution in [1.82, 2.24) is 14.9 Å². The lowest BCUT2D eigenvalue weighted by atomic mass is 10.1. The van der Waals surface area contributed by atoms with E-state index in [2.05, 4.69) is 10.3 Å². The predicted molar refractivity (Wildman–Crippen MR) is 138 cm³/mol. The Kier molecular flexibility index (Phi) is 7.45. The first-order chi connectivity index (χ1) is 16.8. The highest BCUT2D eigenvalue weighted by Gasteiger charge is 2.27. The summed E-state index contributed by atoms with van der Waals surface area (Å²) in [4.78, 5) is 17.3. The fraction of sp³-hybridized carbons (Fsp3) is 0.120. The molecule has 180 valence electrons. The second-order valence-electron chi connectivity index (χ2n) is 7.70. The molecule has 4 aromatic rings. The second kappa shape index (κ2) is 10.5. The van der Waals surface area contributed by atoms with Crippen molar-refractivity contribution >= 4 is 44.8 Å². The van der Waals surface area contributed by atoms with Gasteiger partial charge in [0.15, 0.2) is 0 Å². The maximum absolute atomic E-state index is 13.5. The van der Waals surface area contributed by atoms with E-state index in [0.29, 0.717) is 10.0 Å². The van der Waals surface area contributed by atoms with Gasteiger partial charge in [0.1, 0.15) is 12.4 Å². The number of benzene rings is 3. The Morgan fingerprint density at radius 1 is 1.00 bits per heavy atom. The van der Waals surface area contributed by atoms with Crippen molar-refractivity contribution in [3.63, 3.8) is 0 Å². The first kappa shape index (κ1) is 24.8. The maximum atomic E-state index is 13.5. The van der Waals surface area contributed by atoms with Crippen molar-refractivity contribution in [2.24, 2.45) is 0 Å². The number of halogens is 2. The van der Waals surface area contributed by atoms with Crippen molar-refractivity contribution < 1.29 is 13.2 Å². The van der Waals surface area contributed by atoms with E-state index >= 15 is 0 Å². The Balaban J connectivity index is 1.58. The zero-order valence-corrected chi connectivity index (χ0v) is 21.1. The summed E-state index contributed by atoms with van der Waals surface area (Å²) in [5.74, 6) is 0.338. The summed E-state index contributed by atoms with van der Waals surface area (Å²) in [5, 5.41) is 3.59. The number of nitrogens with one attached hydrogen (secondary N) is 1. The average Bonchev–Trinajstić information content (AvgIpc) is 3.27. The van der Waals surface area contributed by atoms with E-state index in [-0.39, 0.29) is 17.1 Å². The lowest BCUT2D eigenvalue weighted by Crippen LogP contribution is -2.40. The number of anilines is 1. The Hall–Kier alpha value is -3.33. The van der Waals surface area contributed by atoms with E-state index < -0.39 is 22.5 Å². The van der Waals surface area contributed by atoms with Gasteiger partial charge in [-0.1, -0.05) is 47.5 Å². The third-order valence-electron chi connectivity index (χ3n) is 5.34. The molecular formula is C25H22Cl2N4O3S. The molecule has 3 aromatic carbocycles. The number of amides is 1. The van der Waals surface area contributed by atoms with E-state index in [1.807, 2.05) is 42.0 Å². The number of sulfonamides is 1. The van der Waals surface area contributed by atoms with Gasteiger partial charge in [0, 0.05) is 29.0 Å². The third-order valence-corrected chi connectivity index (χ3v) is 7.61. The molecule has 0 atom stereocenters. The number of carbonyl (C=O) groups is 1. The zero-order chi connectivity index (χ0) is 25.0. The van der Waals surface area contributed by atoms with Crippen LogP contribution in [0.1, 0.15) is 11.4 Å². The summed E-state index contributed by atoms with van der Waals surface area (Å²) in [6.45, 7) is 1.66. The van der Waals surface area contributed by atoms with Crippen LogP contribution in [-0.2, 0) is 21.4 Å². The van der Waals surface area contributed by atoms with E-state index in [4.69, 9.17) is 23.2 Å². The molecule has 0 aliphatic rings. The number of nitrogens with zero attached hydrogens (tertiary/aromatic N) is 3. The molecule has 4 rings (SSSR count). The molecule has 1 amide bonds. The van der Waals surface area contributed by atoms with Crippen LogP contribution in [0.25, 0.3) is 5.69 Å². The first-order valence-electron chi connectivity index (χ1n) is 10.6. The van der Waals surface area contributed by atoms with Crippen LogP contribution in [0.3, 0.4) is 0 Å². The largest absolute Gasteiger partial charge is 0.350 e. The molecule has 0 bridgehead atoms. The van der Waals surface area contributed by atoms with Crippen LogP contribution in [0, 0.1) is 6.92 Å². The minimum atomic E-state index is -4.07. The van der Waals surface area contributed by atoms with Gasteiger partial charge in [0.2, 0.25) is 5.91 Å². The predicted octanol–water partition coefficient (Wildman–Crippen LogP) is 5.00. The van der Waals surface area contributed by atoms with Gasteiger partial charge in [-0.15, -0.1) is 0 Å². The molecule has 10 heteroatoms. The summed E-state index contributed by atoms with van der Waals surface area (Å²) in [6.07, 6.45) is 3.55. The summed E-state index contributed by atoms with van der Waals surface area (Å²) in [7, 11) is -4.07. The first-order valence-corrected chi connectivity index (χ1v) is 12.8. The lowest BCUT2D eigenvalue weighted by Gasteiger charge is -2.24. The summed E-state index contributed by atoms with van der Waals surface area (Å²) in [5.41, 5.74) is 2.01. The fourth-order valence-electron chi connectivity index (χ4n) is 3.59. The zero-order valence-electron chi connectivity index (χ0n) is 18.7. The van der Waals surface area contributed by atoms with Crippen molar-refractivity contribution in [1.29, 1.82) is 0 Å². The van der Waals surface area contributed by atoms with Crippen LogP contribution in [0.4, 0.5) is 5.69 Å². The average molecular weight is 529 g/mol. The minimum absolute atomic E-state index is 0.00982. The Bertz CT molecular complexity index is 1450. The number of aromatic nitrogens is 2. The highest BCUT2D eigenvalue weighted by molar-refractivity contribution is 7.92. The van der Waals surface area contributed by atoms with Crippen LogP contribution >= 0.6 is 23.2 Å². The molecule has 0 radical (unpaired) electrons. The smallest absolute Gasteiger partial charge is 0.264 e. The van der Waals surface area contributed by atoms with Gasteiger partial charge >= 0.3 is 0 Å². The van der Waals surface area contributed by atoms with Crippen LogP contribution < -0.4 is 9.62 Å². The number of rotatable bonds is 8. The number of imidazole rings is 1. The molecule has 0 unspecified atom stereocenters. The van der Waals surface area contributed by atoms with E-state index in [1.165, 1.54) is 30.3 Å². The standard InChI is InChI=1S/C25H22Cl2N4O3S/c1-18-28-13-14-30(18)24-8-3-2-5-19(24)16-29-25(32)17-31(22-7-4-6-21(27)15-22)35(33,34)23-11-9-20(26)10-12-23/h2-15H,16-17H2,1H3,(H,29,32). The van der Waals surface area contributed by atoms with Crippen molar-refractivity contribution in [2.75, 3.05) is 10.8 Å². The Morgan fingerprint density at radius 3 is 2.43 bits per heavy atom. The molecule has 35 heavy (non-hydrogen) atoms. The van der Waals surface area contributed by atoms with Gasteiger partial charge in [0.25, 0.3) is 10.0 Å². The quantitative estimate of drug-likeness (QED) is 0.348. The van der Waals surface area contributed by atoms with E-state index in [0.717, 1.165) is 21.4 Å². The minimum Gasteiger partial charge on any atom is -0.350 e. The molecule has 0 saturated carbocycles. The van der Waals surface area contributed by atoms with Crippen LogP contribution in [0.2, 0.25) is 10.0 Å². The lowest BCUT2D eigenvalue weighted by molar-refractivity contribution is -0.119. The Morgan fingerprint density at radius 2 is 1.74 bits per heavy atom. The highest BCUT2D eigenvalue weighted by atomic mass is 35.5. The molecule has 0 fully saturated rings.